The lowest BCUT2D eigenvalue weighted by molar-refractivity contribution is 0.0638. The van der Waals surface area contributed by atoms with Crippen molar-refractivity contribution >= 4 is 23.2 Å². The van der Waals surface area contributed by atoms with Gasteiger partial charge in [0.05, 0.1) is 11.5 Å². The van der Waals surface area contributed by atoms with Crippen LogP contribution in [-0.4, -0.2) is 54.4 Å². The number of amides is 2. The highest BCUT2D eigenvalue weighted by Crippen LogP contribution is 2.24. The Labute approximate surface area is 182 Å². The minimum absolute atomic E-state index is 0.117. The molecule has 2 aliphatic heterocycles. The van der Waals surface area contributed by atoms with Crippen molar-refractivity contribution in [3.8, 4) is 5.75 Å². The molecule has 160 valence electrons. The summed E-state index contributed by atoms with van der Waals surface area (Å²) in [4.78, 5) is 31.2. The van der Waals surface area contributed by atoms with Gasteiger partial charge in [0.25, 0.3) is 11.8 Å². The van der Waals surface area contributed by atoms with Crippen LogP contribution in [-0.2, 0) is 0 Å². The molecule has 1 aromatic carbocycles. The molecule has 0 aliphatic carbocycles. The van der Waals surface area contributed by atoms with E-state index in [0.29, 0.717) is 12.5 Å². The van der Waals surface area contributed by atoms with E-state index in [1.54, 1.807) is 11.3 Å². The first-order chi connectivity index (χ1) is 14.6. The van der Waals surface area contributed by atoms with Crippen LogP contribution < -0.4 is 4.74 Å². The molecule has 3 heterocycles. The van der Waals surface area contributed by atoms with Gasteiger partial charge in [-0.25, -0.2) is 0 Å². The van der Waals surface area contributed by atoms with Gasteiger partial charge >= 0.3 is 0 Å². The van der Waals surface area contributed by atoms with Gasteiger partial charge < -0.3 is 14.5 Å². The summed E-state index contributed by atoms with van der Waals surface area (Å²) in [6, 6.07) is 11.4. The summed E-state index contributed by atoms with van der Waals surface area (Å²) < 4.78 is 6.00. The molecule has 2 fully saturated rings. The maximum Gasteiger partial charge on any atom is 0.263 e. The lowest BCUT2D eigenvalue weighted by Crippen LogP contribution is -2.41. The standard InChI is InChI=1S/C24H30N2O3S/c1-18-7-12-22(30-18)24(28)26-15-5-6-19(16-26)17-29-21-10-8-20(9-11-21)23(27)25-13-3-2-4-14-25/h7-12,19H,2-6,13-17H2,1H3. The molecular weight excluding hydrogens is 396 g/mol. The van der Waals surface area contributed by atoms with Crippen molar-refractivity contribution in [2.45, 2.75) is 39.0 Å². The van der Waals surface area contributed by atoms with Crippen molar-refractivity contribution in [3.05, 3.63) is 51.7 Å². The highest BCUT2D eigenvalue weighted by molar-refractivity contribution is 7.13. The molecule has 0 radical (unpaired) electrons. The minimum atomic E-state index is 0.117. The van der Waals surface area contributed by atoms with E-state index < -0.39 is 0 Å². The van der Waals surface area contributed by atoms with Gasteiger partial charge in [0.15, 0.2) is 0 Å². The fourth-order valence-corrected chi connectivity index (χ4v) is 5.11. The molecular formula is C24H30N2O3S. The molecule has 6 heteroatoms. The van der Waals surface area contributed by atoms with Crippen molar-refractivity contribution in [2.24, 2.45) is 5.92 Å². The van der Waals surface area contributed by atoms with Crippen LogP contribution in [0.25, 0.3) is 0 Å². The Morgan fingerprint density at radius 3 is 2.37 bits per heavy atom. The second-order valence-corrected chi connectivity index (χ2v) is 9.65. The van der Waals surface area contributed by atoms with Gasteiger partial charge in [-0.3, -0.25) is 9.59 Å². The van der Waals surface area contributed by atoms with E-state index >= 15 is 0 Å². The summed E-state index contributed by atoms with van der Waals surface area (Å²) in [6.07, 6.45) is 5.49. The first kappa shape index (κ1) is 20.9. The average Bonchev–Trinajstić information content (AvgIpc) is 3.24. The zero-order valence-electron chi connectivity index (χ0n) is 17.6. The van der Waals surface area contributed by atoms with Gasteiger partial charge in [-0.15, -0.1) is 11.3 Å². The van der Waals surface area contributed by atoms with Gasteiger partial charge in [0, 0.05) is 42.5 Å². The first-order valence-corrected chi connectivity index (χ1v) is 11.8. The van der Waals surface area contributed by atoms with Crippen molar-refractivity contribution in [2.75, 3.05) is 32.8 Å². The van der Waals surface area contributed by atoms with E-state index in [9.17, 15) is 9.59 Å². The quantitative estimate of drug-likeness (QED) is 0.701. The van der Waals surface area contributed by atoms with Gasteiger partial charge in [-0.05, 0) is 75.4 Å². The zero-order valence-corrected chi connectivity index (χ0v) is 18.5. The number of carbonyl (C=O) groups excluding carboxylic acids is 2. The Balaban J connectivity index is 1.28. The Morgan fingerprint density at radius 2 is 1.67 bits per heavy atom. The fraction of sp³-hybridized carbons (Fsp3) is 0.500. The van der Waals surface area contributed by atoms with Crippen LogP contribution >= 0.6 is 11.3 Å². The lowest BCUT2D eigenvalue weighted by atomic mass is 9.99. The van der Waals surface area contributed by atoms with E-state index in [1.807, 2.05) is 53.1 Å². The Kier molecular flexibility index (Phi) is 6.72. The third kappa shape index (κ3) is 5.04. The van der Waals surface area contributed by atoms with E-state index in [1.165, 1.54) is 6.42 Å². The van der Waals surface area contributed by atoms with Crippen LogP contribution in [0.2, 0.25) is 0 Å². The summed E-state index contributed by atoms with van der Waals surface area (Å²) in [5, 5.41) is 0. The molecule has 1 aromatic heterocycles. The smallest absolute Gasteiger partial charge is 0.263 e. The largest absolute Gasteiger partial charge is 0.493 e. The number of likely N-dealkylation sites (tertiary alicyclic amines) is 2. The number of aryl methyl sites for hydroxylation is 1. The fourth-order valence-electron chi connectivity index (χ4n) is 4.28. The molecule has 2 saturated heterocycles. The molecule has 5 nitrogen and oxygen atoms in total. The van der Waals surface area contributed by atoms with Crippen molar-refractivity contribution in [3.63, 3.8) is 0 Å². The van der Waals surface area contributed by atoms with Gasteiger partial charge in [-0.1, -0.05) is 0 Å². The predicted octanol–water partition coefficient (Wildman–Crippen LogP) is 4.61. The number of thiophene rings is 1. The van der Waals surface area contributed by atoms with E-state index in [0.717, 1.165) is 72.9 Å². The number of ether oxygens (including phenoxy) is 1. The van der Waals surface area contributed by atoms with Gasteiger partial charge in [-0.2, -0.15) is 0 Å². The molecule has 2 aromatic rings. The Morgan fingerprint density at radius 1 is 0.933 bits per heavy atom. The number of hydrogen-bond donors (Lipinski definition) is 0. The molecule has 0 N–H and O–H groups in total. The maximum absolute atomic E-state index is 12.7. The highest BCUT2D eigenvalue weighted by Gasteiger charge is 2.26. The molecule has 2 amide bonds. The van der Waals surface area contributed by atoms with Crippen LogP contribution in [0, 0.1) is 12.8 Å². The van der Waals surface area contributed by atoms with Gasteiger partial charge in [0.2, 0.25) is 0 Å². The van der Waals surface area contributed by atoms with Crippen LogP contribution in [0.3, 0.4) is 0 Å². The minimum Gasteiger partial charge on any atom is -0.493 e. The maximum atomic E-state index is 12.7. The monoisotopic (exact) mass is 426 g/mol. The summed E-state index contributed by atoms with van der Waals surface area (Å²) >= 11 is 1.56. The molecule has 4 rings (SSSR count). The summed E-state index contributed by atoms with van der Waals surface area (Å²) in [6.45, 7) is 5.89. The molecule has 2 aliphatic rings. The third-order valence-corrected chi connectivity index (χ3v) is 6.98. The number of hydrogen-bond acceptors (Lipinski definition) is 4. The van der Waals surface area contributed by atoms with Crippen LogP contribution in [0.5, 0.6) is 5.75 Å². The van der Waals surface area contributed by atoms with E-state index in [-0.39, 0.29) is 11.8 Å². The molecule has 0 bridgehead atoms. The van der Waals surface area contributed by atoms with Crippen molar-refractivity contribution < 1.29 is 14.3 Å². The second-order valence-electron chi connectivity index (χ2n) is 8.36. The molecule has 30 heavy (non-hydrogen) atoms. The van der Waals surface area contributed by atoms with Crippen molar-refractivity contribution in [1.29, 1.82) is 0 Å². The van der Waals surface area contributed by atoms with E-state index in [2.05, 4.69) is 0 Å². The number of carbonyl (C=O) groups is 2. The van der Waals surface area contributed by atoms with E-state index in [4.69, 9.17) is 4.74 Å². The third-order valence-electron chi connectivity index (χ3n) is 5.99. The zero-order chi connectivity index (χ0) is 20.9. The van der Waals surface area contributed by atoms with Crippen molar-refractivity contribution in [1.82, 2.24) is 9.80 Å². The predicted molar refractivity (Wildman–Crippen MR) is 119 cm³/mol. The number of rotatable bonds is 5. The SMILES string of the molecule is Cc1ccc(C(=O)N2CCCC(COc3ccc(C(=O)N4CCCCC4)cc3)C2)s1. The number of nitrogens with zero attached hydrogens (tertiary/aromatic N) is 2. The van der Waals surface area contributed by atoms with Gasteiger partial charge in [0.1, 0.15) is 5.75 Å². The lowest BCUT2D eigenvalue weighted by Gasteiger charge is -2.32. The van der Waals surface area contributed by atoms with Crippen LogP contribution in [0.1, 0.15) is 57.0 Å². The second kappa shape index (κ2) is 9.65. The molecule has 1 unspecified atom stereocenters. The summed E-state index contributed by atoms with van der Waals surface area (Å²) in [7, 11) is 0. The molecule has 1 atom stereocenters. The summed E-state index contributed by atoms with van der Waals surface area (Å²) in [5.74, 6) is 1.37. The normalized spacial score (nSPS) is 19.6. The number of piperidine rings is 2. The Bertz CT molecular complexity index is 871. The summed E-state index contributed by atoms with van der Waals surface area (Å²) in [5.41, 5.74) is 0.727. The molecule has 0 spiro atoms. The Hall–Kier alpha value is -2.34. The van der Waals surface area contributed by atoms with Crippen LogP contribution in [0.4, 0.5) is 0 Å². The van der Waals surface area contributed by atoms with Crippen LogP contribution in [0.15, 0.2) is 36.4 Å². The molecule has 0 saturated carbocycles. The first-order valence-electron chi connectivity index (χ1n) is 11.0. The highest BCUT2D eigenvalue weighted by atomic mass is 32.1. The average molecular weight is 427 g/mol. The topological polar surface area (TPSA) is 49.9 Å². The number of benzene rings is 1.